The molecule has 0 radical (unpaired) electrons. The number of nitrogens with one attached hydrogen (secondary N) is 1. The van der Waals surface area contributed by atoms with E-state index in [1.165, 1.54) is 30.7 Å². The highest BCUT2D eigenvalue weighted by atomic mass is 19.1. The number of halogens is 1. The van der Waals surface area contributed by atoms with Gasteiger partial charge in [-0.05, 0) is 50.2 Å². The minimum atomic E-state index is -0.320. The van der Waals surface area contributed by atoms with Gasteiger partial charge in [-0.1, -0.05) is 6.92 Å². The van der Waals surface area contributed by atoms with Crippen molar-refractivity contribution in [1.82, 2.24) is 10.2 Å². The third-order valence-corrected chi connectivity index (χ3v) is 3.51. The van der Waals surface area contributed by atoms with Crippen molar-refractivity contribution < 1.29 is 9.18 Å². The zero-order chi connectivity index (χ0) is 13.0. The Balaban J connectivity index is 1.86. The first kappa shape index (κ1) is 13.0. The van der Waals surface area contributed by atoms with Crippen LogP contribution in [0.25, 0.3) is 0 Å². The lowest BCUT2D eigenvalue weighted by molar-refractivity contribution is 0.0941. The van der Waals surface area contributed by atoms with Gasteiger partial charge in [-0.3, -0.25) is 9.69 Å². The smallest absolute Gasteiger partial charge is 0.251 e. The van der Waals surface area contributed by atoms with E-state index in [4.69, 9.17) is 0 Å². The van der Waals surface area contributed by atoms with Gasteiger partial charge < -0.3 is 5.32 Å². The Morgan fingerprint density at radius 3 is 2.83 bits per heavy atom. The SMILES string of the molecule is CCN1CCCC1CNC(=O)c1ccc(F)cc1. The third-order valence-electron chi connectivity index (χ3n) is 3.51. The minimum absolute atomic E-state index is 0.127. The fourth-order valence-electron chi connectivity index (χ4n) is 2.46. The number of carbonyl (C=O) groups excluding carboxylic acids is 1. The third kappa shape index (κ3) is 3.07. The van der Waals surface area contributed by atoms with Gasteiger partial charge in [0.2, 0.25) is 0 Å². The molecule has 1 aliphatic heterocycles. The second kappa shape index (κ2) is 5.96. The van der Waals surface area contributed by atoms with Crippen LogP contribution in [0.4, 0.5) is 4.39 Å². The maximum atomic E-state index is 12.7. The van der Waals surface area contributed by atoms with Crippen molar-refractivity contribution in [1.29, 1.82) is 0 Å². The molecule has 4 heteroatoms. The molecule has 1 aromatic carbocycles. The zero-order valence-electron chi connectivity index (χ0n) is 10.7. The number of benzene rings is 1. The van der Waals surface area contributed by atoms with Gasteiger partial charge in [-0.25, -0.2) is 4.39 Å². The molecule has 1 saturated heterocycles. The highest BCUT2D eigenvalue weighted by molar-refractivity contribution is 5.94. The second-order valence-electron chi connectivity index (χ2n) is 4.64. The second-order valence-corrected chi connectivity index (χ2v) is 4.64. The van der Waals surface area contributed by atoms with E-state index >= 15 is 0 Å². The first-order valence-electron chi connectivity index (χ1n) is 6.48. The Kier molecular flexibility index (Phi) is 4.31. The number of rotatable bonds is 4. The van der Waals surface area contributed by atoms with E-state index in [2.05, 4.69) is 17.1 Å². The van der Waals surface area contributed by atoms with Crippen LogP contribution in [-0.2, 0) is 0 Å². The maximum Gasteiger partial charge on any atom is 0.251 e. The van der Waals surface area contributed by atoms with Crippen LogP contribution in [0.3, 0.4) is 0 Å². The lowest BCUT2D eigenvalue weighted by atomic mass is 10.2. The number of hydrogen-bond acceptors (Lipinski definition) is 2. The number of carbonyl (C=O) groups is 1. The van der Waals surface area contributed by atoms with E-state index in [1.54, 1.807) is 0 Å². The number of likely N-dealkylation sites (N-methyl/N-ethyl adjacent to an activating group) is 1. The molecule has 1 heterocycles. The molecule has 1 N–H and O–H groups in total. The summed E-state index contributed by atoms with van der Waals surface area (Å²) in [5.74, 6) is -0.447. The van der Waals surface area contributed by atoms with Crippen molar-refractivity contribution in [2.75, 3.05) is 19.6 Å². The van der Waals surface area contributed by atoms with Crippen LogP contribution in [0.5, 0.6) is 0 Å². The number of amides is 1. The molecule has 2 rings (SSSR count). The van der Waals surface area contributed by atoms with Crippen LogP contribution in [0, 0.1) is 5.82 Å². The largest absolute Gasteiger partial charge is 0.350 e. The molecule has 0 bridgehead atoms. The van der Waals surface area contributed by atoms with Crippen LogP contribution >= 0.6 is 0 Å². The van der Waals surface area contributed by atoms with Gasteiger partial charge in [-0.15, -0.1) is 0 Å². The highest BCUT2D eigenvalue weighted by Crippen LogP contribution is 2.15. The summed E-state index contributed by atoms with van der Waals surface area (Å²) in [7, 11) is 0. The molecule has 0 saturated carbocycles. The molecular weight excluding hydrogens is 231 g/mol. The summed E-state index contributed by atoms with van der Waals surface area (Å²) in [5, 5.41) is 2.92. The van der Waals surface area contributed by atoms with Crippen LogP contribution in [0.1, 0.15) is 30.1 Å². The molecule has 1 atom stereocenters. The molecule has 1 unspecified atom stereocenters. The van der Waals surface area contributed by atoms with Crippen molar-refractivity contribution in [3.8, 4) is 0 Å². The molecule has 0 aliphatic carbocycles. The Morgan fingerprint density at radius 2 is 2.17 bits per heavy atom. The standard InChI is InChI=1S/C14H19FN2O/c1-2-17-9-3-4-13(17)10-16-14(18)11-5-7-12(15)8-6-11/h5-8,13H,2-4,9-10H2,1H3,(H,16,18). The molecule has 3 nitrogen and oxygen atoms in total. The lowest BCUT2D eigenvalue weighted by Gasteiger charge is -2.22. The van der Waals surface area contributed by atoms with Gasteiger partial charge in [0.25, 0.3) is 5.91 Å². The van der Waals surface area contributed by atoms with Crippen molar-refractivity contribution in [3.05, 3.63) is 35.6 Å². The summed E-state index contributed by atoms with van der Waals surface area (Å²) in [6.07, 6.45) is 2.34. The van der Waals surface area contributed by atoms with E-state index in [9.17, 15) is 9.18 Å². The van der Waals surface area contributed by atoms with Gasteiger partial charge in [0.1, 0.15) is 5.82 Å². The van der Waals surface area contributed by atoms with Gasteiger partial charge in [0, 0.05) is 18.2 Å². The van der Waals surface area contributed by atoms with Gasteiger partial charge in [0.05, 0.1) is 0 Å². The predicted octanol–water partition coefficient (Wildman–Crippen LogP) is 2.04. The Morgan fingerprint density at radius 1 is 1.44 bits per heavy atom. The summed E-state index contributed by atoms with van der Waals surface area (Å²) in [5.41, 5.74) is 0.512. The quantitative estimate of drug-likeness (QED) is 0.887. The van der Waals surface area contributed by atoms with E-state index in [1.807, 2.05) is 0 Å². The molecule has 18 heavy (non-hydrogen) atoms. The van der Waals surface area contributed by atoms with Gasteiger partial charge in [0.15, 0.2) is 0 Å². The predicted molar refractivity (Wildman–Crippen MR) is 69.0 cm³/mol. The molecule has 98 valence electrons. The van der Waals surface area contributed by atoms with Crippen molar-refractivity contribution in [2.24, 2.45) is 0 Å². The fourth-order valence-corrected chi connectivity index (χ4v) is 2.46. The first-order valence-corrected chi connectivity index (χ1v) is 6.48. The van der Waals surface area contributed by atoms with Crippen molar-refractivity contribution >= 4 is 5.91 Å². The van der Waals surface area contributed by atoms with E-state index in [-0.39, 0.29) is 11.7 Å². The highest BCUT2D eigenvalue weighted by Gasteiger charge is 2.23. The number of nitrogens with zero attached hydrogens (tertiary/aromatic N) is 1. The van der Waals surface area contributed by atoms with E-state index < -0.39 is 0 Å². The average molecular weight is 250 g/mol. The van der Waals surface area contributed by atoms with E-state index in [0.717, 1.165) is 19.5 Å². The van der Waals surface area contributed by atoms with Crippen LogP contribution in [-0.4, -0.2) is 36.5 Å². The average Bonchev–Trinajstić information content (AvgIpc) is 2.84. The summed E-state index contributed by atoms with van der Waals surface area (Å²) < 4.78 is 12.7. The fraction of sp³-hybridized carbons (Fsp3) is 0.500. The monoisotopic (exact) mass is 250 g/mol. The molecule has 0 aromatic heterocycles. The van der Waals surface area contributed by atoms with Gasteiger partial charge >= 0.3 is 0 Å². The van der Waals surface area contributed by atoms with Crippen LogP contribution in [0.15, 0.2) is 24.3 Å². The normalized spacial score (nSPS) is 20.0. The minimum Gasteiger partial charge on any atom is -0.350 e. The molecule has 1 fully saturated rings. The Bertz CT molecular complexity index is 405. The topological polar surface area (TPSA) is 32.3 Å². The van der Waals surface area contributed by atoms with Gasteiger partial charge in [-0.2, -0.15) is 0 Å². The summed E-state index contributed by atoms with van der Waals surface area (Å²) in [6.45, 7) is 4.95. The maximum absolute atomic E-state index is 12.7. The first-order chi connectivity index (χ1) is 8.70. The van der Waals surface area contributed by atoms with Crippen LogP contribution in [0.2, 0.25) is 0 Å². The number of likely N-dealkylation sites (tertiary alicyclic amines) is 1. The summed E-state index contributed by atoms with van der Waals surface area (Å²) >= 11 is 0. The number of hydrogen-bond donors (Lipinski definition) is 1. The molecule has 1 aromatic rings. The summed E-state index contributed by atoms with van der Waals surface area (Å²) in [6, 6.07) is 6.08. The summed E-state index contributed by atoms with van der Waals surface area (Å²) in [4.78, 5) is 14.2. The Hall–Kier alpha value is -1.42. The van der Waals surface area contributed by atoms with E-state index in [0.29, 0.717) is 18.2 Å². The Labute approximate surface area is 107 Å². The molecule has 1 amide bonds. The zero-order valence-corrected chi connectivity index (χ0v) is 10.7. The van der Waals surface area contributed by atoms with Crippen LogP contribution < -0.4 is 5.32 Å². The molecule has 0 spiro atoms. The molecular formula is C14H19FN2O. The molecule has 1 aliphatic rings. The van der Waals surface area contributed by atoms with Crippen molar-refractivity contribution in [3.63, 3.8) is 0 Å². The van der Waals surface area contributed by atoms with Crippen molar-refractivity contribution in [2.45, 2.75) is 25.8 Å². The lowest BCUT2D eigenvalue weighted by Crippen LogP contribution is -2.40.